The third-order valence-electron chi connectivity index (χ3n) is 5.81. The van der Waals surface area contributed by atoms with Crippen LogP contribution in [0.5, 0.6) is 5.75 Å². The fourth-order valence-corrected chi connectivity index (χ4v) is 4.30. The van der Waals surface area contributed by atoms with E-state index in [2.05, 4.69) is 73.0 Å². The molecule has 0 bridgehead atoms. The van der Waals surface area contributed by atoms with Crippen molar-refractivity contribution < 1.29 is 24.5 Å². The Hall–Kier alpha value is -2.59. The molecule has 6 heteroatoms. The SMILES string of the molecule is CC(C)(C)c1cc(C(O)C#Cc2ccc(C(=O)O)cc2)cc(C(C)(C)C)c1OCOCC[Si](C)(C)C. The Labute approximate surface area is 217 Å². The number of carboxylic acids is 1. The van der Waals surface area contributed by atoms with E-state index in [1.165, 1.54) is 12.1 Å². The molecule has 196 valence electrons. The first-order chi connectivity index (χ1) is 16.5. The lowest BCUT2D eigenvalue weighted by atomic mass is 9.78. The smallest absolute Gasteiger partial charge is 0.335 e. The van der Waals surface area contributed by atoms with Crippen molar-refractivity contribution in [3.8, 4) is 17.6 Å². The number of hydrogen-bond acceptors (Lipinski definition) is 4. The van der Waals surface area contributed by atoms with Gasteiger partial charge in [-0.2, -0.15) is 0 Å². The topological polar surface area (TPSA) is 76.0 Å². The molecule has 0 saturated carbocycles. The minimum absolute atomic E-state index is 0.185. The first kappa shape index (κ1) is 29.6. The summed E-state index contributed by atoms with van der Waals surface area (Å²) in [7, 11) is -1.18. The lowest BCUT2D eigenvalue weighted by Crippen LogP contribution is -2.23. The van der Waals surface area contributed by atoms with Crippen molar-refractivity contribution in [3.63, 3.8) is 0 Å². The first-order valence-corrected chi connectivity index (χ1v) is 16.1. The van der Waals surface area contributed by atoms with Crippen LogP contribution in [0.25, 0.3) is 0 Å². The molecule has 1 unspecified atom stereocenters. The summed E-state index contributed by atoms with van der Waals surface area (Å²) in [5, 5.41) is 20.1. The number of benzene rings is 2. The lowest BCUT2D eigenvalue weighted by Gasteiger charge is -2.31. The summed E-state index contributed by atoms with van der Waals surface area (Å²) < 4.78 is 12.1. The van der Waals surface area contributed by atoms with Crippen LogP contribution >= 0.6 is 0 Å². The number of hydrogen-bond donors (Lipinski definition) is 2. The minimum Gasteiger partial charge on any atom is -0.478 e. The summed E-state index contributed by atoms with van der Waals surface area (Å²) in [6, 6.07) is 11.3. The predicted molar refractivity (Wildman–Crippen MR) is 149 cm³/mol. The van der Waals surface area contributed by atoms with Gasteiger partial charge in [0.1, 0.15) is 11.9 Å². The molecule has 0 aliphatic heterocycles. The van der Waals surface area contributed by atoms with E-state index in [1.54, 1.807) is 12.1 Å². The highest BCUT2D eigenvalue weighted by molar-refractivity contribution is 6.76. The lowest BCUT2D eigenvalue weighted by molar-refractivity contribution is 0.0199. The summed E-state index contributed by atoms with van der Waals surface area (Å²) in [4.78, 5) is 11.1. The highest BCUT2D eigenvalue weighted by Gasteiger charge is 2.29. The van der Waals surface area contributed by atoms with Crippen molar-refractivity contribution in [1.82, 2.24) is 0 Å². The normalized spacial score (nSPS) is 13.1. The molecular formula is C30H42O5Si. The number of aromatic carboxylic acids is 1. The number of carboxylic acid groups (broad SMARTS) is 1. The number of ether oxygens (including phenoxy) is 2. The van der Waals surface area contributed by atoms with E-state index in [-0.39, 0.29) is 23.2 Å². The van der Waals surface area contributed by atoms with Crippen molar-refractivity contribution in [1.29, 1.82) is 0 Å². The van der Waals surface area contributed by atoms with Crippen LogP contribution in [-0.4, -0.2) is 37.7 Å². The van der Waals surface area contributed by atoms with Gasteiger partial charge in [0, 0.05) is 31.4 Å². The molecule has 0 radical (unpaired) electrons. The molecule has 0 aliphatic carbocycles. The van der Waals surface area contributed by atoms with Crippen LogP contribution in [0.4, 0.5) is 0 Å². The molecule has 5 nitrogen and oxygen atoms in total. The third-order valence-corrected chi connectivity index (χ3v) is 7.52. The summed E-state index contributed by atoms with van der Waals surface area (Å²) in [5.74, 6) is 5.69. The molecule has 36 heavy (non-hydrogen) atoms. The van der Waals surface area contributed by atoms with Gasteiger partial charge in [-0.05, 0) is 58.8 Å². The Morgan fingerprint density at radius 2 is 1.50 bits per heavy atom. The average Bonchev–Trinajstić information content (AvgIpc) is 2.75. The van der Waals surface area contributed by atoms with Crippen molar-refractivity contribution in [2.24, 2.45) is 0 Å². The highest BCUT2D eigenvalue weighted by atomic mass is 28.3. The van der Waals surface area contributed by atoms with Gasteiger partial charge in [0.05, 0.1) is 5.56 Å². The van der Waals surface area contributed by atoms with Gasteiger partial charge in [0.25, 0.3) is 0 Å². The van der Waals surface area contributed by atoms with Gasteiger partial charge in [0.15, 0.2) is 6.79 Å². The van der Waals surface area contributed by atoms with E-state index in [0.717, 1.165) is 22.9 Å². The van der Waals surface area contributed by atoms with Gasteiger partial charge < -0.3 is 19.7 Å². The fourth-order valence-electron chi connectivity index (χ4n) is 3.55. The van der Waals surface area contributed by atoms with Crippen LogP contribution in [-0.2, 0) is 15.6 Å². The zero-order chi connectivity index (χ0) is 27.3. The Morgan fingerprint density at radius 1 is 0.972 bits per heavy atom. The molecule has 0 aromatic heterocycles. The van der Waals surface area contributed by atoms with Gasteiger partial charge in [-0.1, -0.05) is 73.0 Å². The van der Waals surface area contributed by atoms with Crippen LogP contribution in [0.15, 0.2) is 36.4 Å². The zero-order valence-electron chi connectivity index (χ0n) is 23.3. The molecule has 0 amide bonds. The van der Waals surface area contributed by atoms with Crippen molar-refractivity contribution >= 4 is 14.0 Å². The second kappa shape index (κ2) is 11.6. The molecule has 0 heterocycles. The highest BCUT2D eigenvalue weighted by Crippen LogP contribution is 2.41. The number of aliphatic hydroxyl groups is 1. The van der Waals surface area contributed by atoms with E-state index >= 15 is 0 Å². The zero-order valence-corrected chi connectivity index (χ0v) is 24.3. The van der Waals surface area contributed by atoms with Crippen LogP contribution in [0, 0.1) is 11.8 Å². The molecule has 0 saturated heterocycles. The quantitative estimate of drug-likeness (QED) is 0.178. The van der Waals surface area contributed by atoms with E-state index in [4.69, 9.17) is 14.6 Å². The van der Waals surface area contributed by atoms with Crippen LogP contribution in [0.2, 0.25) is 25.7 Å². The van der Waals surface area contributed by atoms with E-state index in [9.17, 15) is 9.90 Å². The van der Waals surface area contributed by atoms with Crippen molar-refractivity contribution in [3.05, 3.63) is 64.2 Å². The van der Waals surface area contributed by atoms with Crippen LogP contribution in [0.1, 0.15) is 80.3 Å². The molecule has 0 spiro atoms. The van der Waals surface area contributed by atoms with Crippen molar-refractivity contribution in [2.45, 2.75) is 84.2 Å². The van der Waals surface area contributed by atoms with Crippen LogP contribution < -0.4 is 4.74 Å². The summed E-state index contributed by atoms with van der Waals surface area (Å²) in [6.45, 7) is 20.6. The molecule has 2 aromatic rings. The van der Waals surface area contributed by atoms with Gasteiger partial charge in [-0.25, -0.2) is 4.79 Å². The first-order valence-electron chi connectivity index (χ1n) is 12.4. The Kier molecular flexibility index (Phi) is 9.58. The largest absolute Gasteiger partial charge is 0.478 e. The van der Waals surface area contributed by atoms with Gasteiger partial charge in [-0.15, -0.1) is 0 Å². The van der Waals surface area contributed by atoms with Gasteiger partial charge >= 0.3 is 5.97 Å². The van der Waals surface area contributed by atoms with Gasteiger partial charge in [-0.3, -0.25) is 0 Å². The Morgan fingerprint density at radius 3 is 1.94 bits per heavy atom. The number of aliphatic hydroxyl groups excluding tert-OH is 1. The summed E-state index contributed by atoms with van der Waals surface area (Å²) >= 11 is 0. The minimum atomic E-state index is -1.18. The van der Waals surface area contributed by atoms with Gasteiger partial charge in [0.2, 0.25) is 0 Å². The van der Waals surface area contributed by atoms with Crippen molar-refractivity contribution in [2.75, 3.05) is 13.4 Å². The maximum Gasteiger partial charge on any atom is 0.335 e. The van der Waals surface area contributed by atoms with E-state index in [0.29, 0.717) is 17.7 Å². The summed E-state index contributed by atoms with van der Waals surface area (Å²) in [5.41, 5.74) is 3.06. The van der Waals surface area contributed by atoms with E-state index in [1.807, 2.05) is 12.1 Å². The molecular weight excluding hydrogens is 468 g/mol. The molecule has 2 rings (SSSR count). The molecule has 1 atom stereocenters. The molecule has 2 N–H and O–H groups in total. The monoisotopic (exact) mass is 510 g/mol. The maximum atomic E-state index is 11.1. The fraction of sp³-hybridized carbons (Fsp3) is 0.500. The second-order valence-electron chi connectivity index (χ2n) is 12.5. The number of rotatable bonds is 8. The van der Waals surface area contributed by atoms with Crippen LogP contribution in [0.3, 0.4) is 0 Å². The Bertz CT molecular complexity index is 1070. The Balaban J connectivity index is 2.39. The number of carbonyl (C=O) groups is 1. The van der Waals surface area contributed by atoms with E-state index < -0.39 is 20.1 Å². The standard InChI is InChI=1S/C30H42O5Si/c1-29(2,3)24-18-23(26(31)15-12-21-10-13-22(14-11-21)28(32)33)19-25(30(4,5)6)27(24)35-20-34-16-17-36(7,8)9/h10-11,13-14,18-19,26,31H,16-17,20H2,1-9H3,(H,32,33). The molecule has 0 aliphatic rings. The molecule has 2 aromatic carbocycles. The summed E-state index contributed by atoms with van der Waals surface area (Å²) in [6.07, 6.45) is -1.01. The predicted octanol–water partition coefficient (Wildman–Crippen LogP) is 6.76. The third kappa shape index (κ3) is 8.81. The average molecular weight is 511 g/mol. The molecule has 0 fully saturated rings. The maximum absolute atomic E-state index is 11.1. The second-order valence-corrected chi connectivity index (χ2v) is 18.1.